The number of anilines is 1. The summed E-state index contributed by atoms with van der Waals surface area (Å²) in [6.45, 7) is 0. The standard InChI is InChI=1S/C15H24N4/c1-16-12-5-7-13(8-6-12)17-15-10-9-14(18-19-15)11-3-2-4-11/h9-13,16H,2-8H2,1H3,(H,17,19). The Morgan fingerprint density at radius 1 is 0.947 bits per heavy atom. The second-order valence-electron chi connectivity index (χ2n) is 5.95. The number of nitrogens with one attached hydrogen (secondary N) is 2. The third-order valence-electron chi connectivity index (χ3n) is 4.70. The summed E-state index contributed by atoms with van der Waals surface area (Å²) in [7, 11) is 2.06. The maximum absolute atomic E-state index is 4.37. The van der Waals surface area contributed by atoms with Gasteiger partial charge in [-0.15, -0.1) is 5.10 Å². The Bertz CT molecular complexity index is 391. The van der Waals surface area contributed by atoms with Gasteiger partial charge in [0.1, 0.15) is 5.82 Å². The average Bonchev–Trinajstić information content (AvgIpc) is 2.40. The lowest BCUT2D eigenvalue weighted by Crippen LogP contribution is -2.35. The van der Waals surface area contributed by atoms with Gasteiger partial charge in [-0.2, -0.15) is 5.10 Å². The summed E-state index contributed by atoms with van der Waals surface area (Å²) >= 11 is 0. The summed E-state index contributed by atoms with van der Waals surface area (Å²) in [5, 5.41) is 15.6. The third-order valence-corrected chi connectivity index (χ3v) is 4.70. The van der Waals surface area contributed by atoms with E-state index in [0.29, 0.717) is 18.0 Å². The van der Waals surface area contributed by atoms with E-state index in [0.717, 1.165) is 5.82 Å². The molecule has 0 amide bonds. The molecule has 0 spiro atoms. The van der Waals surface area contributed by atoms with Gasteiger partial charge in [-0.05, 0) is 57.7 Å². The number of hydrogen-bond donors (Lipinski definition) is 2. The van der Waals surface area contributed by atoms with Gasteiger partial charge in [-0.25, -0.2) is 0 Å². The van der Waals surface area contributed by atoms with Crippen molar-refractivity contribution in [2.75, 3.05) is 12.4 Å². The first-order chi connectivity index (χ1) is 9.35. The van der Waals surface area contributed by atoms with Crippen molar-refractivity contribution in [1.82, 2.24) is 15.5 Å². The quantitative estimate of drug-likeness (QED) is 0.874. The van der Waals surface area contributed by atoms with Gasteiger partial charge in [0.2, 0.25) is 0 Å². The summed E-state index contributed by atoms with van der Waals surface area (Å²) < 4.78 is 0. The third kappa shape index (κ3) is 3.06. The van der Waals surface area contributed by atoms with Gasteiger partial charge < -0.3 is 10.6 Å². The summed E-state index contributed by atoms with van der Waals surface area (Å²) in [6.07, 6.45) is 8.87. The molecule has 0 atom stereocenters. The lowest BCUT2D eigenvalue weighted by Gasteiger charge is -2.29. The molecule has 19 heavy (non-hydrogen) atoms. The highest BCUT2D eigenvalue weighted by atomic mass is 15.2. The molecule has 1 heterocycles. The van der Waals surface area contributed by atoms with Crippen LogP contribution >= 0.6 is 0 Å². The predicted octanol–water partition coefficient (Wildman–Crippen LogP) is 2.69. The topological polar surface area (TPSA) is 49.8 Å². The van der Waals surface area contributed by atoms with Crippen LogP contribution in [0.5, 0.6) is 0 Å². The molecule has 0 bridgehead atoms. The molecule has 0 aliphatic heterocycles. The minimum atomic E-state index is 0.563. The minimum Gasteiger partial charge on any atom is -0.366 e. The molecule has 1 aromatic rings. The van der Waals surface area contributed by atoms with Crippen molar-refractivity contribution in [2.45, 2.75) is 62.9 Å². The van der Waals surface area contributed by atoms with Crippen molar-refractivity contribution in [2.24, 2.45) is 0 Å². The van der Waals surface area contributed by atoms with Crippen LogP contribution < -0.4 is 10.6 Å². The number of aromatic nitrogens is 2. The van der Waals surface area contributed by atoms with Crippen molar-refractivity contribution >= 4 is 5.82 Å². The summed E-state index contributed by atoms with van der Waals surface area (Å²) in [6, 6.07) is 5.52. The van der Waals surface area contributed by atoms with Crippen LogP contribution in [0.2, 0.25) is 0 Å². The van der Waals surface area contributed by atoms with Gasteiger partial charge >= 0.3 is 0 Å². The van der Waals surface area contributed by atoms with Gasteiger partial charge in [-0.3, -0.25) is 0 Å². The predicted molar refractivity (Wildman–Crippen MR) is 77.4 cm³/mol. The van der Waals surface area contributed by atoms with Gasteiger partial charge in [-0.1, -0.05) is 6.42 Å². The Morgan fingerprint density at radius 3 is 2.21 bits per heavy atom. The molecule has 0 aromatic carbocycles. The van der Waals surface area contributed by atoms with Gasteiger partial charge in [0.15, 0.2) is 0 Å². The van der Waals surface area contributed by atoms with Crippen molar-refractivity contribution < 1.29 is 0 Å². The van der Waals surface area contributed by atoms with Crippen molar-refractivity contribution in [1.29, 1.82) is 0 Å². The number of nitrogens with zero attached hydrogens (tertiary/aromatic N) is 2. The number of rotatable bonds is 4. The SMILES string of the molecule is CNC1CCC(Nc2ccc(C3CCC3)nn2)CC1. The summed E-state index contributed by atoms with van der Waals surface area (Å²) in [4.78, 5) is 0. The first kappa shape index (κ1) is 12.9. The molecule has 2 saturated carbocycles. The zero-order valence-corrected chi connectivity index (χ0v) is 11.7. The van der Waals surface area contributed by atoms with Crippen LogP contribution in [0.25, 0.3) is 0 Å². The Hall–Kier alpha value is -1.16. The van der Waals surface area contributed by atoms with Gasteiger partial charge in [0.05, 0.1) is 5.69 Å². The molecule has 4 nitrogen and oxygen atoms in total. The molecule has 2 aliphatic rings. The lowest BCUT2D eigenvalue weighted by molar-refractivity contribution is 0.370. The fourth-order valence-corrected chi connectivity index (χ4v) is 3.08. The largest absolute Gasteiger partial charge is 0.366 e. The molecule has 104 valence electrons. The van der Waals surface area contributed by atoms with Crippen LogP contribution in [-0.2, 0) is 0 Å². The fraction of sp³-hybridized carbons (Fsp3) is 0.733. The first-order valence-corrected chi connectivity index (χ1v) is 7.62. The Balaban J connectivity index is 1.52. The Kier molecular flexibility index (Phi) is 3.97. The second kappa shape index (κ2) is 5.87. The van der Waals surface area contributed by atoms with E-state index in [2.05, 4.69) is 40.0 Å². The summed E-state index contributed by atoms with van der Waals surface area (Å²) in [5.41, 5.74) is 1.18. The van der Waals surface area contributed by atoms with Crippen molar-refractivity contribution in [3.8, 4) is 0 Å². The molecule has 2 fully saturated rings. The first-order valence-electron chi connectivity index (χ1n) is 7.62. The molecule has 4 heteroatoms. The van der Waals surface area contributed by atoms with Gasteiger partial charge in [0.25, 0.3) is 0 Å². The zero-order chi connectivity index (χ0) is 13.1. The maximum Gasteiger partial charge on any atom is 0.148 e. The van der Waals surface area contributed by atoms with E-state index in [1.165, 1.54) is 50.6 Å². The molecule has 0 radical (unpaired) electrons. The van der Waals surface area contributed by atoms with E-state index < -0.39 is 0 Å². The second-order valence-corrected chi connectivity index (χ2v) is 5.95. The van der Waals surface area contributed by atoms with E-state index in [4.69, 9.17) is 0 Å². The van der Waals surface area contributed by atoms with Crippen LogP contribution in [0, 0.1) is 0 Å². The molecule has 1 aromatic heterocycles. The van der Waals surface area contributed by atoms with Crippen molar-refractivity contribution in [3.05, 3.63) is 17.8 Å². The number of hydrogen-bond acceptors (Lipinski definition) is 4. The monoisotopic (exact) mass is 260 g/mol. The van der Waals surface area contributed by atoms with E-state index in [1.54, 1.807) is 0 Å². The van der Waals surface area contributed by atoms with E-state index >= 15 is 0 Å². The highest BCUT2D eigenvalue weighted by Gasteiger charge is 2.22. The molecule has 3 rings (SSSR count). The highest BCUT2D eigenvalue weighted by molar-refractivity contribution is 5.35. The Labute approximate surface area is 115 Å². The van der Waals surface area contributed by atoms with Crippen LogP contribution in [0.15, 0.2) is 12.1 Å². The van der Waals surface area contributed by atoms with E-state index in [1.807, 2.05) is 0 Å². The van der Waals surface area contributed by atoms with E-state index in [9.17, 15) is 0 Å². The fourth-order valence-electron chi connectivity index (χ4n) is 3.08. The maximum atomic E-state index is 4.37. The molecule has 2 aliphatic carbocycles. The van der Waals surface area contributed by atoms with Crippen LogP contribution in [0.3, 0.4) is 0 Å². The lowest BCUT2D eigenvalue weighted by atomic mass is 9.83. The zero-order valence-electron chi connectivity index (χ0n) is 11.7. The average molecular weight is 260 g/mol. The molecule has 0 unspecified atom stereocenters. The molecule has 2 N–H and O–H groups in total. The van der Waals surface area contributed by atoms with Crippen molar-refractivity contribution in [3.63, 3.8) is 0 Å². The highest BCUT2D eigenvalue weighted by Crippen LogP contribution is 2.35. The smallest absolute Gasteiger partial charge is 0.148 e. The van der Waals surface area contributed by atoms with Crippen LogP contribution in [-0.4, -0.2) is 29.3 Å². The van der Waals surface area contributed by atoms with Crippen LogP contribution in [0.1, 0.15) is 56.6 Å². The molecular weight excluding hydrogens is 236 g/mol. The van der Waals surface area contributed by atoms with E-state index in [-0.39, 0.29) is 0 Å². The van der Waals surface area contributed by atoms with Gasteiger partial charge in [0, 0.05) is 18.0 Å². The van der Waals surface area contributed by atoms with Crippen LogP contribution in [0.4, 0.5) is 5.82 Å². The molecule has 0 saturated heterocycles. The minimum absolute atomic E-state index is 0.563. The summed E-state index contributed by atoms with van der Waals surface area (Å²) in [5.74, 6) is 1.61. The normalized spacial score (nSPS) is 27.8. The molecular formula is C15H24N4. The Morgan fingerprint density at radius 2 is 1.68 bits per heavy atom.